The van der Waals surface area contributed by atoms with E-state index >= 15 is 4.39 Å². The first-order valence-corrected chi connectivity index (χ1v) is 14.1. The number of benzene rings is 1. The summed E-state index contributed by atoms with van der Waals surface area (Å²) in [5.74, 6) is -1.77. The maximum atomic E-state index is 15.4. The van der Waals surface area contributed by atoms with Gasteiger partial charge in [-0.15, -0.1) is 6.58 Å². The molecule has 5 rings (SSSR count). The first kappa shape index (κ1) is 28.8. The third kappa shape index (κ3) is 4.29. The predicted molar refractivity (Wildman–Crippen MR) is 144 cm³/mol. The van der Waals surface area contributed by atoms with Gasteiger partial charge in [0.05, 0.1) is 6.61 Å². The van der Waals surface area contributed by atoms with E-state index in [1.54, 1.807) is 24.3 Å². The molecule has 0 aromatic heterocycles. The fourth-order valence-electron chi connectivity index (χ4n) is 8.38. The van der Waals surface area contributed by atoms with E-state index in [1.165, 1.54) is 0 Å². The van der Waals surface area contributed by atoms with Crippen molar-refractivity contribution in [2.24, 2.45) is 34.0 Å². The predicted octanol–water partition coefficient (Wildman–Crippen LogP) is 3.32. The van der Waals surface area contributed by atoms with Crippen LogP contribution in [-0.2, 0) is 35.1 Å². The van der Waals surface area contributed by atoms with Gasteiger partial charge >= 0.3 is 13.1 Å². The smallest absolute Gasteiger partial charge is 0.482 e. The van der Waals surface area contributed by atoms with Crippen molar-refractivity contribution >= 4 is 30.8 Å². The van der Waals surface area contributed by atoms with Gasteiger partial charge in [0.25, 0.3) is 6.47 Å². The maximum Gasteiger partial charge on any atom is 0.491 e. The van der Waals surface area contributed by atoms with Gasteiger partial charge in [0.15, 0.2) is 18.6 Å². The lowest BCUT2D eigenvalue weighted by molar-refractivity contribution is -0.211. The third-order valence-electron chi connectivity index (χ3n) is 10.9. The van der Waals surface area contributed by atoms with Gasteiger partial charge in [-0.1, -0.05) is 39.8 Å². The van der Waals surface area contributed by atoms with Gasteiger partial charge in [-0.05, 0) is 60.2 Å². The van der Waals surface area contributed by atoms with Crippen LogP contribution in [0, 0.1) is 34.0 Å². The first-order chi connectivity index (χ1) is 18.9. The van der Waals surface area contributed by atoms with Crippen molar-refractivity contribution in [2.45, 2.75) is 78.4 Å². The topological polar surface area (TPSA) is 108 Å². The number of ketones is 1. The van der Waals surface area contributed by atoms with Crippen molar-refractivity contribution in [3.8, 4) is 5.75 Å². The van der Waals surface area contributed by atoms with Crippen LogP contribution >= 0.6 is 0 Å². The highest BCUT2D eigenvalue weighted by Crippen LogP contribution is 2.68. The summed E-state index contributed by atoms with van der Waals surface area (Å²) >= 11 is 0. The lowest BCUT2D eigenvalue weighted by atomic mass is 9.44. The highest BCUT2D eigenvalue weighted by atomic mass is 19.1. The number of carbonyl (C=O) groups excluding carboxylic acids is 3. The minimum absolute atomic E-state index is 0.0402. The second-order valence-corrected chi connectivity index (χ2v) is 12.7. The zero-order valence-electron chi connectivity index (χ0n) is 23.6. The van der Waals surface area contributed by atoms with Gasteiger partial charge in [-0.3, -0.25) is 9.59 Å². The Kier molecular flexibility index (Phi) is 7.40. The summed E-state index contributed by atoms with van der Waals surface area (Å²) in [4.78, 5) is 38.5. The van der Waals surface area contributed by atoms with Crippen molar-refractivity contribution in [3.63, 3.8) is 0 Å². The minimum Gasteiger partial charge on any atom is -0.482 e. The molecule has 1 aliphatic heterocycles. The summed E-state index contributed by atoms with van der Waals surface area (Å²) in [5, 5.41) is 9.99. The van der Waals surface area contributed by atoms with Crippen molar-refractivity contribution in [1.82, 2.24) is 0 Å². The number of hydrogen-bond donors (Lipinski definition) is 1. The van der Waals surface area contributed by atoms with E-state index in [2.05, 4.69) is 6.58 Å². The van der Waals surface area contributed by atoms with Gasteiger partial charge in [0.2, 0.25) is 0 Å². The molecule has 0 spiro atoms. The number of ether oxygens (including phenoxy) is 3. The number of halogens is 1. The molecule has 0 unspecified atom stereocenters. The minimum atomic E-state index is -1.62. The molecule has 1 aromatic rings. The molecular formula is C30H38BFO8. The molecule has 216 valence electrons. The molecule has 3 saturated carbocycles. The van der Waals surface area contributed by atoms with Gasteiger partial charge in [0, 0.05) is 22.7 Å². The maximum absolute atomic E-state index is 15.4. The summed E-state index contributed by atoms with van der Waals surface area (Å²) in [6, 6.07) is 5.09. The molecule has 1 aromatic carbocycles. The van der Waals surface area contributed by atoms with E-state index in [1.807, 2.05) is 27.7 Å². The number of esters is 1. The molecule has 0 amide bonds. The Hall–Kier alpha value is -2.72. The van der Waals surface area contributed by atoms with Crippen LogP contribution < -0.4 is 10.2 Å². The van der Waals surface area contributed by atoms with Gasteiger partial charge in [-0.25, -0.2) is 9.18 Å². The average molecular weight is 556 g/mol. The molecule has 8 nitrogen and oxygen atoms in total. The number of alkyl halides is 1. The second kappa shape index (κ2) is 10.3. The van der Waals surface area contributed by atoms with Crippen LogP contribution in [0.15, 0.2) is 30.9 Å². The number of rotatable bonds is 7. The molecule has 0 radical (unpaired) electrons. The quantitative estimate of drug-likeness (QED) is 0.236. The Bertz CT molecular complexity index is 1210. The molecule has 3 aliphatic carbocycles. The van der Waals surface area contributed by atoms with E-state index in [4.69, 9.17) is 18.9 Å². The Morgan fingerprint density at radius 3 is 2.75 bits per heavy atom. The van der Waals surface area contributed by atoms with E-state index in [0.29, 0.717) is 30.7 Å². The summed E-state index contributed by atoms with van der Waals surface area (Å²) < 4.78 is 38.1. The molecule has 4 aliphatic rings. The lowest BCUT2D eigenvalue weighted by Crippen LogP contribution is -2.63. The summed E-state index contributed by atoms with van der Waals surface area (Å²) in [7, 11) is -1.04. The molecule has 1 heterocycles. The summed E-state index contributed by atoms with van der Waals surface area (Å²) in [5.41, 5.74) is -0.980. The van der Waals surface area contributed by atoms with Crippen LogP contribution in [0.5, 0.6) is 5.75 Å². The van der Waals surface area contributed by atoms with E-state index < -0.39 is 66.0 Å². The zero-order chi connectivity index (χ0) is 29.0. The van der Waals surface area contributed by atoms with Crippen molar-refractivity contribution in [2.75, 3.05) is 6.61 Å². The fraction of sp³-hybridized carbons (Fsp3) is 0.633. The number of Topliss-reactive ketones (excluding diaryl/α,β-unsaturated/α-hetero) is 1. The van der Waals surface area contributed by atoms with Gasteiger partial charge in [-0.2, -0.15) is 0 Å². The average Bonchev–Trinajstić information content (AvgIpc) is 3.43. The second-order valence-electron chi connectivity index (χ2n) is 12.7. The van der Waals surface area contributed by atoms with Crippen LogP contribution in [0.3, 0.4) is 0 Å². The molecule has 2 bridgehead atoms. The highest BCUT2D eigenvalue weighted by Gasteiger charge is 2.71. The van der Waals surface area contributed by atoms with Crippen molar-refractivity contribution in [1.29, 1.82) is 0 Å². The van der Waals surface area contributed by atoms with E-state index in [0.717, 1.165) is 12.0 Å². The van der Waals surface area contributed by atoms with E-state index in [-0.39, 0.29) is 24.7 Å². The molecule has 9 atom stereocenters. The van der Waals surface area contributed by atoms with Crippen LogP contribution in [0.1, 0.15) is 58.9 Å². The number of fused-ring (bicyclic) bond motifs is 1. The largest absolute Gasteiger partial charge is 0.491 e. The molecule has 40 heavy (non-hydrogen) atoms. The Labute approximate surface area is 234 Å². The number of hydrogen-bond acceptors (Lipinski definition) is 8. The fourth-order valence-corrected chi connectivity index (χ4v) is 8.38. The zero-order valence-corrected chi connectivity index (χ0v) is 23.6. The van der Waals surface area contributed by atoms with Gasteiger partial charge < -0.3 is 23.9 Å². The number of carbonyl (C=O) groups is 3. The monoisotopic (exact) mass is 556 g/mol. The summed E-state index contributed by atoms with van der Waals surface area (Å²) in [6.07, 6.45) is 0.262. The van der Waals surface area contributed by atoms with Crippen LogP contribution in [-0.4, -0.2) is 55.4 Å². The van der Waals surface area contributed by atoms with Crippen LogP contribution in [0.25, 0.3) is 0 Å². The Morgan fingerprint density at radius 2 is 2.05 bits per heavy atom. The highest BCUT2D eigenvalue weighted by molar-refractivity contribution is 6.61. The molecular weight excluding hydrogens is 518 g/mol. The standard InChI is InChI=1S/C30H38BFO8/c1-6-28(4)13-23(40-24(34)15-37-20-8-7-19-14-39-31(36)21(19)11-20)29(5)17(2)9-10-30(18(3)27(28)38-16-33)12-22(32)25(35)26(29)30/h6-8,11,16-18,22-23,26-27,36H,1,9-10,12-15H2,2-5H3/t17-,18-,22-,23+,26-,27-,28+,29-,30-/m0/s1. The SMILES string of the molecule is C=C[C@]1(C)C[C@@H](OC(=O)COc2ccc3c(c2)B(O)OC3)[C@@]2(C)[C@@H]3C(=O)[C@@H](F)C[C@@]3(CC[C@@H]2C)[C@@H](C)[C@@H]1OC=O. The summed E-state index contributed by atoms with van der Waals surface area (Å²) in [6.45, 7) is 12.2. The normalized spacial score (nSPS) is 40.4. The molecule has 1 N–H and O–H groups in total. The molecule has 10 heteroatoms. The first-order valence-electron chi connectivity index (χ1n) is 14.1. The lowest BCUT2D eigenvalue weighted by Gasteiger charge is -2.61. The molecule has 0 saturated heterocycles. The molecule has 3 fully saturated rings. The Morgan fingerprint density at radius 1 is 1.30 bits per heavy atom. The van der Waals surface area contributed by atoms with Crippen molar-refractivity contribution in [3.05, 3.63) is 36.4 Å². The third-order valence-corrected chi connectivity index (χ3v) is 10.9. The van der Waals surface area contributed by atoms with Crippen LogP contribution in [0.4, 0.5) is 4.39 Å². The Balaban J connectivity index is 1.48. The van der Waals surface area contributed by atoms with Gasteiger partial charge in [0.1, 0.15) is 18.0 Å². The van der Waals surface area contributed by atoms with Crippen molar-refractivity contribution < 1.29 is 42.7 Å². The van der Waals surface area contributed by atoms with E-state index in [9.17, 15) is 19.4 Å². The van der Waals surface area contributed by atoms with Crippen LogP contribution in [0.2, 0.25) is 0 Å².